The van der Waals surface area contributed by atoms with Gasteiger partial charge >= 0.3 is 41.9 Å². The van der Waals surface area contributed by atoms with E-state index in [1.165, 1.54) is 0 Å². The van der Waals surface area contributed by atoms with Gasteiger partial charge in [0.25, 0.3) is 0 Å². The second-order valence-corrected chi connectivity index (χ2v) is 10.4. The van der Waals surface area contributed by atoms with Crippen LogP contribution < -0.4 is 0 Å². The summed E-state index contributed by atoms with van der Waals surface area (Å²) in [5.41, 5.74) is 0.210. The fraction of sp³-hybridized carbons (Fsp3) is 1.00. The van der Waals surface area contributed by atoms with E-state index in [0.717, 1.165) is 0 Å². The Morgan fingerprint density at radius 3 is 1.50 bits per heavy atom. The molecule has 0 aromatic heterocycles. The van der Waals surface area contributed by atoms with Gasteiger partial charge in [-0.1, -0.05) is 0 Å². The Hall–Kier alpha value is 1.10. The van der Waals surface area contributed by atoms with Gasteiger partial charge in [0.15, 0.2) is 0 Å². The summed E-state index contributed by atoms with van der Waals surface area (Å²) in [4.78, 5) is 0. The minimum absolute atomic E-state index is 0.210. The molecule has 0 N–H and O–H groups in total. The molecule has 0 amide bonds. The predicted octanol–water partition coefficient (Wildman–Crippen LogP) is 0.784. The average molecular weight is 149 g/mol. The molecule has 0 spiro atoms. The summed E-state index contributed by atoms with van der Waals surface area (Å²) < 4.78 is 0. The Kier molecular flexibility index (Phi) is 2.99. The van der Waals surface area contributed by atoms with Crippen molar-refractivity contribution in [2.75, 3.05) is 0 Å². The average Bonchev–Trinajstić information content (AvgIpc) is 0.811. The zero-order valence-corrected chi connectivity index (χ0v) is 6.46. The van der Waals surface area contributed by atoms with E-state index in [-0.39, 0.29) is 5.43 Å². The number of hydrogen-bond acceptors (Lipinski definition) is 0. The summed E-state index contributed by atoms with van der Waals surface area (Å²) in [5.74, 6) is 0. The normalized spacial score (nSPS) is 7.00. The third kappa shape index (κ3) is 11.3. The van der Waals surface area contributed by atoms with Gasteiger partial charge in [0, 0.05) is 0 Å². The van der Waals surface area contributed by atoms with Gasteiger partial charge in [0.1, 0.15) is 0 Å². The molecule has 0 nitrogen and oxygen atoms in total. The first kappa shape index (κ1) is 5.10. The Labute approximate surface area is 42.0 Å². The molecule has 20 valence electrons. The van der Waals surface area contributed by atoms with Crippen LogP contribution in [0.3, 0.4) is 0 Å². The fourth-order valence-corrected chi connectivity index (χ4v) is 0. The molecule has 0 saturated heterocycles. The molecule has 0 aromatic carbocycles. The first-order valence-electron chi connectivity index (χ1n) is 1.25. The zero-order chi connectivity index (χ0) is 3.58. The molecule has 0 saturated carbocycles. The first-order valence-corrected chi connectivity index (χ1v) is 7.44. The summed E-state index contributed by atoms with van der Waals surface area (Å²) in [5, 5.41) is 0. The van der Waals surface area contributed by atoms with Crippen molar-refractivity contribution in [1.29, 1.82) is 0 Å². The molecule has 0 unspecified atom stereocenters. The van der Waals surface area contributed by atoms with Crippen LogP contribution in [0.2, 0.25) is 13.1 Å². The standard InChI is InChI=1S/C2H6Si.Zr/c1-3-2;/h1-2H3;/q;+2. The van der Waals surface area contributed by atoms with Crippen LogP contribution in [0.25, 0.3) is 0 Å². The van der Waals surface area contributed by atoms with Gasteiger partial charge in [0.05, 0.1) is 0 Å². The third-order valence-electron chi connectivity index (χ3n) is 0. The molecule has 0 aliphatic heterocycles. The van der Waals surface area contributed by atoms with Crippen LogP contribution in [0.5, 0.6) is 0 Å². The van der Waals surface area contributed by atoms with Gasteiger partial charge in [-0.15, -0.1) is 0 Å². The maximum absolute atomic E-state index is 2.31. The van der Waals surface area contributed by atoms with Crippen molar-refractivity contribution in [2.24, 2.45) is 0 Å². The van der Waals surface area contributed by atoms with Gasteiger partial charge in [-0.05, 0) is 0 Å². The van der Waals surface area contributed by atoms with Gasteiger partial charge in [-0.2, -0.15) is 0 Å². The Morgan fingerprint density at radius 2 is 1.50 bits per heavy atom. The monoisotopic (exact) mass is 148 g/mol. The maximum atomic E-state index is 2.31. The van der Waals surface area contributed by atoms with Crippen molar-refractivity contribution in [3.05, 3.63) is 0 Å². The van der Waals surface area contributed by atoms with Crippen LogP contribution in [0, 0.1) is 0 Å². The fourth-order valence-electron chi connectivity index (χ4n) is 0. The molecule has 0 rings (SSSR count). The van der Waals surface area contributed by atoms with Gasteiger partial charge < -0.3 is 0 Å². The van der Waals surface area contributed by atoms with E-state index in [1.54, 1.807) is 23.3 Å². The van der Waals surface area contributed by atoms with Crippen molar-refractivity contribution in [3.63, 3.8) is 0 Å². The molecule has 0 aliphatic carbocycles. The Morgan fingerprint density at radius 1 is 1.50 bits per heavy atom. The molecule has 0 radical (unpaired) electrons. The zero-order valence-electron chi connectivity index (χ0n) is 3.00. The Bertz CT molecular complexity index is 29.0. The molecular formula is C2H6SiZr+2. The summed E-state index contributed by atoms with van der Waals surface area (Å²) in [6, 6.07) is 0. The molecule has 0 atom stereocenters. The van der Waals surface area contributed by atoms with E-state index in [9.17, 15) is 0 Å². The quantitative estimate of drug-likeness (QED) is 0.447. The molecule has 2 heteroatoms. The summed E-state index contributed by atoms with van der Waals surface area (Å²) in [7, 11) is 0. The summed E-state index contributed by atoms with van der Waals surface area (Å²) in [6.45, 7) is 4.62. The topological polar surface area (TPSA) is 0 Å². The molecule has 0 aliphatic rings. The van der Waals surface area contributed by atoms with Crippen LogP contribution >= 0.6 is 0 Å². The van der Waals surface area contributed by atoms with Gasteiger partial charge in [-0.25, -0.2) is 0 Å². The van der Waals surface area contributed by atoms with E-state index in [0.29, 0.717) is 0 Å². The van der Waals surface area contributed by atoms with Crippen molar-refractivity contribution in [1.82, 2.24) is 0 Å². The van der Waals surface area contributed by atoms with Crippen LogP contribution in [0.4, 0.5) is 0 Å². The molecule has 0 heterocycles. The van der Waals surface area contributed by atoms with Crippen LogP contribution in [0.15, 0.2) is 0 Å². The summed E-state index contributed by atoms with van der Waals surface area (Å²) >= 11 is 1.74. The molecule has 0 bridgehead atoms. The molecule has 0 fully saturated rings. The van der Waals surface area contributed by atoms with E-state index in [2.05, 4.69) is 13.1 Å². The Balaban J connectivity index is 2.80. The predicted molar refractivity (Wildman–Crippen MR) is 17.5 cm³/mol. The SMILES string of the molecule is C[Si](C)=[Zr+2]. The number of hydrogen-bond donors (Lipinski definition) is 0. The molecular weight excluding hydrogens is 143 g/mol. The van der Waals surface area contributed by atoms with Crippen LogP contribution in [0.1, 0.15) is 0 Å². The summed E-state index contributed by atoms with van der Waals surface area (Å²) in [6.07, 6.45) is 0. The van der Waals surface area contributed by atoms with Gasteiger partial charge in [-0.3, -0.25) is 0 Å². The second kappa shape index (κ2) is 2.34. The molecule has 4 heavy (non-hydrogen) atoms. The van der Waals surface area contributed by atoms with Crippen LogP contribution in [-0.4, -0.2) is 5.43 Å². The van der Waals surface area contributed by atoms with Crippen molar-refractivity contribution in [2.45, 2.75) is 13.1 Å². The second-order valence-electron chi connectivity index (χ2n) is 1.00. The van der Waals surface area contributed by atoms with Crippen molar-refractivity contribution < 1.29 is 23.3 Å². The minimum atomic E-state index is 0.210. The molecule has 0 aromatic rings. The van der Waals surface area contributed by atoms with Crippen LogP contribution in [-0.2, 0) is 23.3 Å². The number of rotatable bonds is 0. The third-order valence-corrected chi connectivity index (χ3v) is 0. The van der Waals surface area contributed by atoms with E-state index >= 15 is 0 Å². The first-order chi connectivity index (χ1) is 1.73. The van der Waals surface area contributed by atoms with E-state index < -0.39 is 0 Å². The van der Waals surface area contributed by atoms with E-state index in [4.69, 9.17) is 0 Å². The van der Waals surface area contributed by atoms with Crippen molar-refractivity contribution >= 4 is 5.43 Å². The van der Waals surface area contributed by atoms with Gasteiger partial charge in [0.2, 0.25) is 0 Å². The van der Waals surface area contributed by atoms with Crippen molar-refractivity contribution in [3.8, 4) is 0 Å². The van der Waals surface area contributed by atoms with E-state index in [1.807, 2.05) is 0 Å².